The molecule has 1 heterocycles. The van der Waals surface area contributed by atoms with Gasteiger partial charge in [-0.15, -0.1) is 0 Å². The predicted octanol–water partition coefficient (Wildman–Crippen LogP) is 3.36. The molecule has 0 spiro atoms. The highest BCUT2D eigenvalue weighted by Gasteiger charge is 2.29. The van der Waals surface area contributed by atoms with Gasteiger partial charge in [0.05, 0.1) is 0 Å². The van der Waals surface area contributed by atoms with Gasteiger partial charge >= 0.3 is 6.03 Å². The van der Waals surface area contributed by atoms with Crippen molar-refractivity contribution in [2.24, 2.45) is 11.1 Å². The average Bonchev–Trinajstić information content (AvgIpc) is 2.37. The first-order chi connectivity index (χ1) is 9.37. The fraction of sp³-hybridized carbons (Fsp3) is 0.562. The van der Waals surface area contributed by atoms with E-state index in [0.29, 0.717) is 0 Å². The fourth-order valence-electron chi connectivity index (χ4n) is 2.70. The summed E-state index contributed by atoms with van der Waals surface area (Å²) in [6.45, 7) is 8.01. The van der Waals surface area contributed by atoms with Gasteiger partial charge in [0.25, 0.3) is 0 Å². The number of carbonyl (C=O) groups excluding carboxylic acids is 1. The van der Waals surface area contributed by atoms with Gasteiger partial charge in [0.15, 0.2) is 0 Å². The van der Waals surface area contributed by atoms with Gasteiger partial charge in [-0.1, -0.05) is 26.0 Å². The molecule has 0 bridgehead atoms. The molecule has 4 heteroatoms. The summed E-state index contributed by atoms with van der Waals surface area (Å²) in [5.74, 6) is 0. The minimum absolute atomic E-state index is 0.0143. The summed E-state index contributed by atoms with van der Waals surface area (Å²) < 4.78 is 0. The number of likely N-dealkylation sites (tertiary alicyclic amines) is 1. The first-order valence-electron chi connectivity index (χ1n) is 7.29. The van der Waals surface area contributed by atoms with Gasteiger partial charge in [-0.2, -0.15) is 0 Å². The van der Waals surface area contributed by atoms with Crippen LogP contribution in [0.15, 0.2) is 24.3 Å². The monoisotopic (exact) mass is 275 g/mol. The van der Waals surface area contributed by atoms with Crippen LogP contribution in [0.3, 0.4) is 0 Å². The second-order valence-corrected chi connectivity index (χ2v) is 6.53. The van der Waals surface area contributed by atoms with Crippen molar-refractivity contribution < 1.29 is 4.79 Å². The molecule has 0 saturated carbocycles. The Hall–Kier alpha value is -1.55. The number of benzene rings is 1. The van der Waals surface area contributed by atoms with Gasteiger partial charge in [0.1, 0.15) is 0 Å². The number of nitrogens with zero attached hydrogens (tertiary/aromatic N) is 1. The molecule has 2 amide bonds. The zero-order valence-electron chi connectivity index (χ0n) is 12.6. The van der Waals surface area contributed by atoms with E-state index >= 15 is 0 Å². The Morgan fingerprint density at radius 2 is 2.20 bits per heavy atom. The van der Waals surface area contributed by atoms with E-state index in [9.17, 15) is 4.79 Å². The number of hydrogen-bond acceptors (Lipinski definition) is 2. The van der Waals surface area contributed by atoms with Crippen molar-refractivity contribution in [3.05, 3.63) is 29.8 Å². The van der Waals surface area contributed by atoms with Crippen LogP contribution < -0.4 is 11.1 Å². The van der Waals surface area contributed by atoms with Gasteiger partial charge < -0.3 is 16.0 Å². The number of nitrogens with one attached hydrogen (secondary N) is 1. The molecule has 0 radical (unpaired) electrons. The number of amides is 2. The molecule has 110 valence electrons. The van der Waals surface area contributed by atoms with Crippen molar-refractivity contribution >= 4 is 11.7 Å². The zero-order chi connectivity index (χ0) is 14.8. The first-order valence-corrected chi connectivity index (χ1v) is 7.29. The third kappa shape index (κ3) is 3.73. The maximum absolute atomic E-state index is 12.3. The zero-order valence-corrected chi connectivity index (χ0v) is 12.6. The van der Waals surface area contributed by atoms with E-state index in [1.54, 1.807) is 0 Å². The summed E-state index contributed by atoms with van der Waals surface area (Å²) in [6.07, 6.45) is 2.25. The molecule has 1 fully saturated rings. The van der Waals surface area contributed by atoms with Gasteiger partial charge in [0, 0.05) is 24.8 Å². The molecule has 1 aromatic rings. The highest BCUT2D eigenvalue weighted by Crippen LogP contribution is 2.28. The van der Waals surface area contributed by atoms with E-state index < -0.39 is 0 Å². The van der Waals surface area contributed by atoms with Crippen LogP contribution in [0.1, 0.15) is 45.2 Å². The molecular weight excluding hydrogens is 250 g/mol. The number of piperidine rings is 1. The first kappa shape index (κ1) is 14.9. The summed E-state index contributed by atoms with van der Waals surface area (Å²) >= 11 is 0. The molecule has 1 aliphatic rings. The average molecular weight is 275 g/mol. The SMILES string of the molecule is CC(N)c1cccc(NC(=O)N2CCCC(C)(C)C2)c1. The second kappa shape index (κ2) is 5.83. The highest BCUT2D eigenvalue weighted by molar-refractivity contribution is 5.89. The van der Waals surface area contributed by atoms with E-state index in [1.807, 2.05) is 36.1 Å². The number of nitrogens with two attached hydrogens (primary N) is 1. The van der Waals surface area contributed by atoms with Crippen molar-refractivity contribution in [2.45, 2.75) is 39.7 Å². The minimum Gasteiger partial charge on any atom is -0.324 e. The number of hydrogen-bond donors (Lipinski definition) is 2. The molecule has 1 unspecified atom stereocenters. The van der Waals surface area contributed by atoms with Crippen molar-refractivity contribution in [3.63, 3.8) is 0 Å². The summed E-state index contributed by atoms with van der Waals surface area (Å²) in [5.41, 5.74) is 7.92. The molecule has 0 aliphatic carbocycles. The molecule has 2 rings (SSSR count). The lowest BCUT2D eigenvalue weighted by molar-refractivity contribution is 0.138. The van der Waals surface area contributed by atoms with E-state index in [-0.39, 0.29) is 17.5 Å². The Morgan fingerprint density at radius 1 is 1.45 bits per heavy atom. The molecule has 20 heavy (non-hydrogen) atoms. The molecule has 1 aliphatic heterocycles. The maximum atomic E-state index is 12.3. The molecule has 4 nitrogen and oxygen atoms in total. The Labute approximate surface area is 121 Å². The van der Waals surface area contributed by atoms with Crippen LogP contribution in [0.5, 0.6) is 0 Å². The summed E-state index contributed by atoms with van der Waals surface area (Å²) in [6, 6.07) is 7.70. The third-order valence-electron chi connectivity index (χ3n) is 3.85. The van der Waals surface area contributed by atoms with Crippen molar-refractivity contribution in [1.82, 2.24) is 4.90 Å². The normalized spacial score (nSPS) is 19.5. The van der Waals surface area contributed by atoms with Crippen molar-refractivity contribution in [3.8, 4) is 0 Å². The van der Waals surface area contributed by atoms with Crippen LogP contribution in [0.4, 0.5) is 10.5 Å². The highest BCUT2D eigenvalue weighted by atomic mass is 16.2. The molecule has 1 atom stereocenters. The quantitative estimate of drug-likeness (QED) is 0.869. The standard InChI is InChI=1S/C16H25N3O/c1-12(17)13-6-4-7-14(10-13)18-15(20)19-9-5-8-16(2,3)11-19/h4,6-7,10,12H,5,8-9,11,17H2,1-3H3,(H,18,20). The molecule has 1 aromatic carbocycles. The Kier molecular flexibility index (Phi) is 4.33. The van der Waals surface area contributed by atoms with Gasteiger partial charge in [-0.3, -0.25) is 0 Å². The molecule has 0 aromatic heterocycles. The van der Waals surface area contributed by atoms with Crippen LogP contribution in [0, 0.1) is 5.41 Å². The van der Waals surface area contributed by atoms with Crippen LogP contribution in [-0.2, 0) is 0 Å². The number of anilines is 1. The lowest BCUT2D eigenvalue weighted by atomic mass is 9.84. The van der Waals surface area contributed by atoms with Crippen molar-refractivity contribution in [1.29, 1.82) is 0 Å². The molecule has 3 N–H and O–H groups in total. The number of carbonyl (C=O) groups is 1. The predicted molar refractivity (Wildman–Crippen MR) is 82.7 cm³/mol. The Bertz CT molecular complexity index is 482. The van der Waals surface area contributed by atoms with Crippen LogP contribution in [0.25, 0.3) is 0 Å². The van der Waals surface area contributed by atoms with Crippen LogP contribution in [-0.4, -0.2) is 24.0 Å². The molecule has 1 saturated heterocycles. The smallest absolute Gasteiger partial charge is 0.321 e. The number of rotatable bonds is 2. The summed E-state index contributed by atoms with van der Waals surface area (Å²) in [7, 11) is 0. The Morgan fingerprint density at radius 3 is 2.85 bits per heavy atom. The van der Waals surface area contributed by atoms with E-state index in [4.69, 9.17) is 5.73 Å². The largest absolute Gasteiger partial charge is 0.324 e. The maximum Gasteiger partial charge on any atom is 0.321 e. The lowest BCUT2D eigenvalue weighted by Crippen LogP contribution is -2.45. The van der Waals surface area contributed by atoms with Crippen LogP contribution >= 0.6 is 0 Å². The second-order valence-electron chi connectivity index (χ2n) is 6.53. The lowest BCUT2D eigenvalue weighted by Gasteiger charge is -2.37. The van der Waals surface area contributed by atoms with E-state index in [1.165, 1.54) is 6.42 Å². The van der Waals surface area contributed by atoms with Gasteiger partial charge in [0.2, 0.25) is 0 Å². The van der Waals surface area contributed by atoms with Gasteiger partial charge in [-0.05, 0) is 42.9 Å². The van der Waals surface area contributed by atoms with E-state index in [2.05, 4.69) is 19.2 Å². The Balaban J connectivity index is 2.02. The number of urea groups is 1. The summed E-state index contributed by atoms with van der Waals surface area (Å²) in [5, 5.41) is 2.98. The van der Waals surface area contributed by atoms with Gasteiger partial charge in [-0.25, -0.2) is 4.79 Å². The van der Waals surface area contributed by atoms with Crippen LogP contribution in [0.2, 0.25) is 0 Å². The third-order valence-corrected chi connectivity index (χ3v) is 3.85. The minimum atomic E-state index is -0.0271. The van der Waals surface area contributed by atoms with Crippen molar-refractivity contribution in [2.75, 3.05) is 18.4 Å². The fourth-order valence-corrected chi connectivity index (χ4v) is 2.70. The van der Waals surface area contributed by atoms with E-state index in [0.717, 1.165) is 30.8 Å². The topological polar surface area (TPSA) is 58.4 Å². The molecular formula is C16H25N3O. The summed E-state index contributed by atoms with van der Waals surface area (Å²) in [4.78, 5) is 14.2.